The number of hydrogen-bond donors (Lipinski definition) is 2. The van der Waals surface area contributed by atoms with Gasteiger partial charge in [0.1, 0.15) is 6.04 Å². The number of esters is 1. The summed E-state index contributed by atoms with van der Waals surface area (Å²) in [4.78, 5) is 39.2. The van der Waals surface area contributed by atoms with Crippen molar-refractivity contribution in [3.63, 3.8) is 0 Å². The number of anilines is 1. The number of carbonyl (C=O) groups is 3. The molecule has 3 rings (SSSR count). The average molecular weight is 394 g/mol. The van der Waals surface area contributed by atoms with Crippen LogP contribution >= 0.6 is 11.6 Å². The first-order chi connectivity index (χ1) is 13.0. The van der Waals surface area contributed by atoms with Crippen LogP contribution in [-0.4, -0.2) is 47.5 Å². The molecule has 27 heavy (non-hydrogen) atoms. The fourth-order valence-corrected chi connectivity index (χ4v) is 3.96. The van der Waals surface area contributed by atoms with E-state index in [0.29, 0.717) is 10.7 Å². The van der Waals surface area contributed by atoms with Crippen LogP contribution in [0.4, 0.5) is 10.5 Å². The highest BCUT2D eigenvalue weighted by molar-refractivity contribution is 6.30. The zero-order chi connectivity index (χ0) is 19.4. The van der Waals surface area contributed by atoms with Crippen molar-refractivity contribution >= 4 is 35.2 Å². The predicted molar refractivity (Wildman–Crippen MR) is 102 cm³/mol. The van der Waals surface area contributed by atoms with Crippen LogP contribution in [0.3, 0.4) is 0 Å². The summed E-state index contributed by atoms with van der Waals surface area (Å²) in [5.74, 6) is -0.798. The van der Waals surface area contributed by atoms with Gasteiger partial charge in [-0.15, -0.1) is 0 Å². The molecule has 0 bridgehead atoms. The van der Waals surface area contributed by atoms with Gasteiger partial charge in [0.25, 0.3) is 0 Å². The second kappa shape index (κ2) is 8.61. The number of nitrogens with zero attached hydrogens (tertiary/aromatic N) is 1. The molecule has 2 N–H and O–H groups in total. The lowest BCUT2D eigenvalue weighted by molar-refractivity contribution is -0.148. The van der Waals surface area contributed by atoms with Crippen LogP contribution in [0.25, 0.3) is 0 Å². The zero-order valence-corrected chi connectivity index (χ0v) is 16.0. The van der Waals surface area contributed by atoms with E-state index in [1.807, 2.05) is 0 Å². The number of amides is 3. The number of halogens is 1. The molecule has 1 aliphatic heterocycles. The summed E-state index contributed by atoms with van der Waals surface area (Å²) >= 11 is 5.89. The van der Waals surface area contributed by atoms with E-state index in [-0.39, 0.29) is 31.0 Å². The smallest absolute Gasteiger partial charge is 0.322 e. The average Bonchev–Trinajstić information content (AvgIpc) is 2.64. The van der Waals surface area contributed by atoms with Gasteiger partial charge in [-0.2, -0.15) is 0 Å². The van der Waals surface area contributed by atoms with E-state index in [2.05, 4.69) is 10.6 Å². The number of fused-ring (bicyclic) bond motifs is 1. The molecule has 3 amide bonds. The molecule has 1 heterocycles. The lowest BCUT2D eigenvalue weighted by atomic mass is 9.85. The highest BCUT2D eigenvalue weighted by atomic mass is 35.5. The molecule has 0 spiro atoms. The summed E-state index contributed by atoms with van der Waals surface area (Å²) in [6.07, 6.45) is 3.45. The minimum atomic E-state index is -0.879. The van der Waals surface area contributed by atoms with E-state index in [1.54, 1.807) is 31.2 Å². The first-order valence-corrected chi connectivity index (χ1v) is 9.68. The number of urea groups is 1. The van der Waals surface area contributed by atoms with Gasteiger partial charge in [0.15, 0.2) is 0 Å². The van der Waals surface area contributed by atoms with E-state index in [0.717, 1.165) is 25.7 Å². The van der Waals surface area contributed by atoms with Gasteiger partial charge in [-0.25, -0.2) is 4.79 Å². The summed E-state index contributed by atoms with van der Waals surface area (Å²) in [5.41, 5.74) is 0.581. The third-order valence-electron chi connectivity index (χ3n) is 5.05. The molecule has 0 radical (unpaired) electrons. The zero-order valence-electron chi connectivity index (χ0n) is 15.2. The van der Waals surface area contributed by atoms with Crippen molar-refractivity contribution < 1.29 is 19.1 Å². The van der Waals surface area contributed by atoms with Gasteiger partial charge in [-0.05, 0) is 44.0 Å². The number of ether oxygens (including phenoxy) is 1. The fraction of sp³-hybridized carbons (Fsp3) is 0.526. The largest absolute Gasteiger partial charge is 0.466 e. The molecule has 1 saturated heterocycles. The Labute approximate surface area is 163 Å². The summed E-state index contributed by atoms with van der Waals surface area (Å²) < 4.78 is 5.00. The third-order valence-corrected chi connectivity index (χ3v) is 5.30. The Bertz CT molecular complexity index is 709. The van der Waals surface area contributed by atoms with Crippen molar-refractivity contribution in [2.45, 2.75) is 57.2 Å². The molecule has 146 valence electrons. The van der Waals surface area contributed by atoms with Gasteiger partial charge < -0.3 is 20.3 Å². The Balaban J connectivity index is 1.83. The molecule has 1 aromatic rings. The van der Waals surface area contributed by atoms with Crippen molar-refractivity contribution in [2.24, 2.45) is 0 Å². The van der Waals surface area contributed by atoms with Crippen LogP contribution in [0.5, 0.6) is 0 Å². The molecule has 2 fully saturated rings. The lowest BCUT2D eigenvalue weighted by Crippen LogP contribution is -2.68. The van der Waals surface area contributed by atoms with E-state index in [9.17, 15) is 14.4 Å². The fourth-order valence-electron chi connectivity index (χ4n) is 3.83. The number of piperazine rings is 1. The molecule has 1 aromatic carbocycles. The molecule has 3 atom stereocenters. The topological polar surface area (TPSA) is 87.7 Å². The molecule has 8 heteroatoms. The molecule has 2 aliphatic rings. The molecule has 0 unspecified atom stereocenters. The van der Waals surface area contributed by atoms with E-state index >= 15 is 0 Å². The summed E-state index contributed by atoms with van der Waals surface area (Å²) in [5, 5.41) is 6.38. The number of hydrogen-bond acceptors (Lipinski definition) is 4. The minimum absolute atomic E-state index is 0.0827. The normalized spacial score (nSPS) is 24.6. The third kappa shape index (κ3) is 4.53. The first-order valence-electron chi connectivity index (χ1n) is 9.30. The molecule has 7 nitrogen and oxygen atoms in total. The highest BCUT2D eigenvalue weighted by Gasteiger charge is 2.46. The number of rotatable bonds is 4. The van der Waals surface area contributed by atoms with Crippen LogP contribution in [-0.2, 0) is 14.3 Å². The van der Waals surface area contributed by atoms with Gasteiger partial charge in [0, 0.05) is 16.8 Å². The predicted octanol–water partition coefficient (Wildman–Crippen LogP) is 2.94. The van der Waals surface area contributed by atoms with E-state index < -0.39 is 18.0 Å². The lowest BCUT2D eigenvalue weighted by Gasteiger charge is -2.47. The summed E-state index contributed by atoms with van der Waals surface area (Å²) in [6.45, 7) is 1.94. The minimum Gasteiger partial charge on any atom is -0.466 e. The van der Waals surface area contributed by atoms with Crippen molar-refractivity contribution in [3.8, 4) is 0 Å². The molecule has 1 aliphatic carbocycles. The Kier molecular flexibility index (Phi) is 6.21. The molecular formula is C19H24ClN3O4. The second-order valence-electron chi connectivity index (χ2n) is 6.84. The first kappa shape index (κ1) is 19.5. The Morgan fingerprint density at radius 3 is 2.67 bits per heavy atom. The van der Waals surface area contributed by atoms with Crippen LogP contribution in [0.15, 0.2) is 24.3 Å². The maximum absolute atomic E-state index is 13.1. The van der Waals surface area contributed by atoms with Crippen LogP contribution in [0.1, 0.15) is 39.0 Å². The summed E-state index contributed by atoms with van der Waals surface area (Å²) in [7, 11) is 0. The Morgan fingerprint density at radius 1 is 1.26 bits per heavy atom. The van der Waals surface area contributed by atoms with Crippen molar-refractivity contribution in [2.75, 3.05) is 11.9 Å². The van der Waals surface area contributed by atoms with Gasteiger partial charge in [-0.1, -0.05) is 24.4 Å². The molecule has 1 saturated carbocycles. The van der Waals surface area contributed by atoms with Crippen molar-refractivity contribution in [1.29, 1.82) is 0 Å². The van der Waals surface area contributed by atoms with Gasteiger partial charge in [-0.3, -0.25) is 9.59 Å². The van der Waals surface area contributed by atoms with Gasteiger partial charge in [0.05, 0.1) is 19.1 Å². The number of carbonyl (C=O) groups excluding carboxylic acids is 3. The van der Waals surface area contributed by atoms with Crippen molar-refractivity contribution in [1.82, 2.24) is 10.2 Å². The highest BCUT2D eigenvalue weighted by Crippen LogP contribution is 2.30. The van der Waals surface area contributed by atoms with E-state index in [4.69, 9.17) is 16.3 Å². The maximum atomic E-state index is 13.1. The second-order valence-corrected chi connectivity index (χ2v) is 7.27. The van der Waals surface area contributed by atoms with E-state index in [1.165, 1.54) is 4.90 Å². The van der Waals surface area contributed by atoms with Crippen LogP contribution < -0.4 is 10.6 Å². The van der Waals surface area contributed by atoms with Crippen LogP contribution in [0.2, 0.25) is 5.02 Å². The number of nitrogens with one attached hydrogen (secondary N) is 2. The van der Waals surface area contributed by atoms with Gasteiger partial charge in [0.2, 0.25) is 5.91 Å². The Morgan fingerprint density at radius 2 is 1.96 bits per heavy atom. The maximum Gasteiger partial charge on any atom is 0.322 e. The van der Waals surface area contributed by atoms with Crippen molar-refractivity contribution in [3.05, 3.63) is 29.3 Å². The standard InChI is InChI=1S/C19H24ClN3O4/c1-2-27-17(24)11-16-18(25)22-14-5-3-4-6-15(14)23(16)19(26)21-13-9-7-12(20)8-10-13/h7-10,14-16H,2-6,11H2,1H3,(H,21,26)(H,22,25)/t14-,15-,16-/m1/s1. The summed E-state index contributed by atoms with van der Waals surface area (Å²) in [6, 6.07) is 5.27. The Hall–Kier alpha value is -2.28. The molecular weight excluding hydrogens is 370 g/mol. The van der Waals surface area contributed by atoms with Gasteiger partial charge >= 0.3 is 12.0 Å². The molecule has 0 aromatic heterocycles. The monoisotopic (exact) mass is 393 g/mol. The van der Waals surface area contributed by atoms with Crippen LogP contribution in [0, 0.1) is 0 Å². The number of benzene rings is 1. The quantitative estimate of drug-likeness (QED) is 0.770. The SMILES string of the molecule is CCOC(=O)C[C@@H]1C(=O)N[C@@H]2CCCC[C@H]2N1C(=O)Nc1ccc(Cl)cc1.